The van der Waals surface area contributed by atoms with Gasteiger partial charge >= 0.3 is 6.09 Å². The van der Waals surface area contributed by atoms with Crippen molar-refractivity contribution in [1.29, 1.82) is 0 Å². The summed E-state index contributed by atoms with van der Waals surface area (Å²) in [4.78, 5) is 26.6. The first kappa shape index (κ1) is 26.1. The lowest BCUT2D eigenvalue weighted by atomic mass is 9.98. The number of ether oxygens (including phenoxy) is 2. The summed E-state index contributed by atoms with van der Waals surface area (Å²) in [6, 6.07) is 16.4. The number of carbonyl (C=O) groups excluding carboxylic acids is 1. The van der Waals surface area contributed by atoms with E-state index in [9.17, 15) is 15.0 Å². The number of nitrogens with one attached hydrogen (secondary N) is 1. The highest BCUT2D eigenvalue weighted by Crippen LogP contribution is 2.44. The van der Waals surface area contributed by atoms with Crippen LogP contribution in [0.1, 0.15) is 17.0 Å². The van der Waals surface area contributed by atoms with Gasteiger partial charge in [0.15, 0.2) is 17.2 Å². The largest absolute Gasteiger partial charge is 0.449 e. The summed E-state index contributed by atoms with van der Waals surface area (Å²) in [7, 11) is 1.84. The van der Waals surface area contributed by atoms with Crippen LogP contribution in [0.15, 0.2) is 61.2 Å². The monoisotopic (exact) mass is 545 g/mol. The zero-order valence-corrected chi connectivity index (χ0v) is 22.0. The minimum absolute atomic E-state index is 0.00361. The number of hydrogen-bond acceptors (Lipinski definition) is 10. The Hall–Kier alpha value is -4.10. The van der Waals surface area contributed by atoms with Gasteiger partial charge in [-0.1, -0.05) is 48.5 Å². The van der Waals surface area contributed by atoms with Crippen LogP contribution in [0.2, 0.25) is 0 Å². The van der Waals surface area contributed by atoms with Gasteiger partial charge in [0.05, 0.1) is 12.9 Å². The number of amides is 1. The van der Waals surface area contributed by atoms with Gasteiger partial charge in [0.1, 0.15) is 30.7 Å². The molecule has 4 aromatic rings. The molecule has 40 heavy (non-hydrogen) atoms. The van der Waals surface area contributed by atoms with Crippen LogP contribution < -0.4 is 11.1 Å². The number of aliphatic hydroxyl groups is 2. The number of carbonyl (C=O) groups is 1. The Labute approximate surface area is 230 Å². The standard InChI is InChI=1S/C28H31N7O5/c1-34(12-22-24(36)28(38,14-40-22)35-16-33-23-25(29)31-15-32-26(23)35)11-10-30-27(37)39-13-21-19-8-4-2-6-17(19)18-7-3-5-9-20(18)21/h2-9,15-16,21-22,24,36,38H,10-14H2,1H3,(H,30,37)(H2,29,31,32). The molecule has 2 aromatic heterocycles. The maximum absolute atomic E-state index is 12.5. The quantitative estimate of drug-likeness (QED) is 0.254. The van der Waals surface area contributed by atoms with Crippen LogP contribution in [0.4, 0.5) is 10.6 Å². The second-order valence-electron chi connectivity index (χ2n) is 10.2. The van der Waals surface area contributed by atoms with Crippen molar-refractivity contribution in [1.82, 2.24) is 29.7 Å². The molecule has 2 aliphatic rings. The Morgan fingerprint density at radius 2 is 1.88 bits per heavy atom. The molecule has 0 radical (unpaired) electrons. The number of aromatic nitrogens is 4. The van der Waals surface area contributed by atoms with E-state index in [1.807, 2.05) is 36.2 Å². The normalized spacial score (nSPS) is 22.0. The van der Waals surface area contributed by atoms with E-state index in [2.05, 4.69) is 44.5 Å². The van der Waals surface area contributed by atoms with Crippen molar-refractivity contribution in [3.63, 3.8) is 0 Å². The lowest BCUT2D eigenvalue weighted by Gasteiger charge is -2.29. The molecule has 1 fully saturated rings. The average Bonchev–Trinajstić information content (AvgIpc) is 3.62. The lowest BCUT2D eigenvalue weighted by Crippen LogP contribution is -2.48. The molecule has 3 atom stereocenters. The predicted octanol–water partition coefficient (Wildman–Crippen LogP) is 1.28. The van der Waals surface area contributed by atoms with Crippen molar-refractivity contribution in [3.8, 4) is 11.1 Å². The third-order valence-electron chi connectivity index (χ3n) is 7.71. The molecule has 1 aliphatic carbocycles. The number of alkyl carbamates (subject to hydrolysis) is 1. The molecule has 1 aliphatic heterocycles. The second kappa shape index (κ2) is 10.5. The zero-order valence-electron chi connectivity index (χ0n) is 22.0. The van der Waals surface area contributed by atoms with Crippen LogP contribution >= 0.6 is 0 Å². The minimum Gasteiger partial charge on any atom is -0.449 e. The summed E-state index contributed by atoms with van der Waals surface area (Å²) < 4.78 is 12.7. The van der Waals surface area contributed by atoms with Crippen molar-refractivity contribution < 1.29 is 24.5 Å². The first-order valence-corrected chi connectivity index (χ1v) is 13.1. The molecule has 0 spiro atoms. The number of nitrogens with zero attached hydrogens (tertiary/aromatic N) is 5. The fourth-order valence-electron chi connectivity index (χ4n) is 5.60. The topological polar surface area (TPSA) is 161 Å². The van der Waals surface area contributed by atoms with Crippen LogP contribution in [0.3, 0.4) is 0 Å². The van der Waals surface area contributed by atoms with E-state index in [4.69, 9.17) is 15.2 Å². The van der Waals surface area contributed by atoms with Gasteiger partial charge in [-0.05, 0) is 29.3 Å². The number of imidazole rings is 1. The summed E-state index contributed by atoms with van der Waals surface area (Å²) in [6.45, 7) is 1.23. The third kappa shape index (κ3) is 4.54. The summed E-state index contributed by atoms with van der Waals surface area (Å²) in [5.74, 6) is 0.178. The predicted molar refractivity (Wildman–Crippen MR) is 146 cm³/mol. The maximum atomic E-state index is 12.5. The van der Waals surface area contributed by atoms with Crippen LogP contribution in [0.25, 0.3) is 22.3 Å². The van der Waals surface area contributed by atoms with Gasteiger partial charge in [-0.3, -0.25) is 4.57 Å². The van der Waals surface area contributed by atoms with Gasteiger partial charge in [0, 0.05) is 25.6 Å². The van der Waals surface area contributed by atoms with Gasteiger partial charge < -0.3 is 35.6 Å². The molecule has 0 bridgehead atoms. The van der Waals surface area contributed by atoms with Crippen molar-refractivity contribution in [2.45, 2.75) is 23.9 Å². The zero-order chi connectivity index (χ0) is 27.9. The molecule has 12 nitrogen and oxygen atoms in total. The number of nitrogens with two attached hydrogens (primary N) is 1. The van der Waals surface area contributed by atoms with Gasteiger partial charge in [-0.15, -0.1) is 0 Å². The van der Waals surface area contributed by atoms with Gasteiger partial charge in [-0.2, -0.15) is 0 Å². The number of anilines is 1. The summed E-state index contributed by atoms with van der Waals surface area (Å²) in [5.41, 5.74) is 9.39. The number of fused-ring (bicyclic) bond motifs is 4. The number of nitrogen functional groups attached to an aromatic ring is 1. The second-order valence-corrected chi connectivity index (χ2v) is 10.2. The Bertz CT molecular complexity index is 1500. The number of benzene rings is 2. The molecule has 6 rings (SSSR count). The number of hydrogen-bond donors (Lipinski definition) is 4. The van der Waals surface area contributed by atoms with Crippen LogP contribution in [-0.2, 0) is 15.2 Å². The van der Waals surface area contributed by atoms with Crippen molar-refractivity contribution in [3.05, 3.63) is 72.3 Å². The molecule has 3 heterocycles. The molecular weight excluding hydrogens is 514 g/mol. The van der Waals surface area contributed by atoms with Crippen molar-refractivity contribution in [2.75, 3.05) is 45.6 Å². The smallest absolute Gasteiger partial charge is 0.407 e. The fourth-order valence-corrected chi connectivity index (χ4v) is 5.60. The SMILES string of the molecule is CN(CCNC(=O)OCC1c2ccccc2-c2ccccc21)CC1OCC(O)(n2cnc3c(N)ncnc32)C1O. The van der Waals surface area contributed by atoms with E-state index in [1.165, 1.54) is 28.3 Å². The van der Waals surface area contributed by atoms with Gasteiger partial charge in [0.25, 0.3) is 0 Å². The van der Waals surface area contributed by atoms with E-state index in [1.54, 1.807) is 0 Å². The minimum atomic E-state index is -1.76. The van der Waals surface area contributed by atoms with Gasteiger partial charge in [-0.25, -0.2) is 19.7 Å². The number of likely N-dealkylation sites (N-methyl/N-ethyl adjacent to an activating group) is 1. The summed E-state index contributed by atoms with van der Waals surface area (Å²) in [5, 5.41) is 25.0. The van der Waals surface area contributed by atoms with E-state index < -0.39 is 24.0 Å². The highest BCUT2D eigenvalue weighted by Gasteiger charge is 2.50. The first-order valence-electron chi connectivity index (χ1n) is 13.1. The third-order valence-corrected chi connectivity index (χ3v) is 7.71. The molecule has 1 saturated heterocycles. The van der Waals surface area contributed by atoms with E-state index in [-0.39, 0.29) is 24.9 Å². The summed E-state index contributed by atoms with van der Waals surface area (Å²) >= 11 is 0. The Kier molecular flexibility index (Phi) is 6.84. The highest BCUT2D eigenvalue weighted by molar-refractivity contribution is 5.81. The van der Waals surface area contributed by atoms with Crippen LogP contribution in [0, 0.1) is 0 Å². The Balaban J connectivity index is 0.992. The van der Waals surface area contributed by atoms with E-state index >= 15 is 0 Å². The fraction of sp³-hybridized carbons (Fsp3) is 0.357. The Morgan fingerprint density at radius 1 is 1.18 bits per heavy atom. The first-order chi connectivity index (χ1) is 19.4. The molecule has 208 valence electrons. The molecule has 5 N–H and O–H groups in total. The number of rotatable bonds is 8. The highest BCUT2D eigenvalue weighted by atomic mass is 16.6. The molecule has 0 saturated carbocycles. The molecule has 12 heteroatoms. The van der Waals surface area contributed by atoms with Crippen LogP contribution in [0.5, 0.6) is 0 Å². The lowest BCUT2D eigenvalue weighted by molar-refractivity contribution is -0.108. The molecule has 2 aromatic carbocycles. The van der Waals surface area contributed by atoms with E-state index in [0.29, 0.717) is 30.8 Å². The van der Waals surface area contributed by atoms with E-state index in [0.717, 1.165) is 11.1 Å². The van der Waals surface area contributed by atoms with Crippen molar-refractivity contribution >= 4 is 23.1 Å². The molecular formula is C28H31N7O5. The Morgan fingerprint density at radius 3 is 2.60 bits per heavy atom. The summed E-state index contributed by atoms with van der Waals surface area (Å²) in [6.07, 6.45) is 0.220. The molecule has 3 unspecified atom stereocenters. The average molecular weight is 546 g/mol. The van der Waals surface area contributed by atoms with Crippen LogP contribution in [-0.4, -0.2) is 92.8 Å². The number of aliphatic hydroxyl groups excluding tert-OH is 1. The van der Waals surface area contributed by atoms with Gasteiger partial charge in [0.2, 0.25) is 0 Å². The van der Waals surface area contributed by atoms with Crippen molar-refractivity contribution in [2.24, 2.45) is 0 Å². The maximum Gasteiger partial charge on any atom is 0.407 e. The molecule has 1 amide bonds.